The molecule has 2 heteroatoms. The highest BCUT2D eigenvalue weighted by atomic mass is 16.7. The summed E-state index contributed by atoms with van der Waals surface area (Å²) in [5.41, 5.74) is 1.98. The molecule has 0 aromatic rings. The Hall–Kier alpha value is -0.600. The predicted octanol–water partition coefficient (Wildman–Crippen LogP) is 4.73. The summed E-state index contributed by atoms with van der Waals surface area (Å²) in [6.07, 6.45) is 1.82. The van der Waals surface area contributed by atoms with E-state index in [2.05, 4.69) is 40.9 Å². The van der Waals surface area contributed by atoms with E-state index in [4.69, 9.17) is 9.47 Å². The van der Waals surface area contributed by atoms with Crippen molar-refractivity contribution in [1.82, 2.24) is 0 Å². The lowest BCUT2D eigenvalue weighted by molar-refractivity contribution is -0.245. The Balaban J connectivity index is 5.08. The van der Waals surface area contributed by atoms with Gasteiger partial charge in [0.2, 0.25) is 0 Å². The van der Waals surface area contributed by atoms with Gasteiger partial charge in [-0.3, -0.25) is 0 Å². The molecule has 0 N–H and O–H groups in total. The summed E-state index contributed by atoms with van der Waals surface area (Å²) in [5.74, 6) is 0.694. The maximum Gasteiger partial charge on any atom is 0.177 e. The van der Waals surface area contributed by atoms with Crippen LogP contribution in [0.3, 0.4) is 0 Å². The normalized spacial score (nSPS) is 13.6. The van der Waals surface area contributed by atoms with Crippen LogP contribution >= 0.6 is 0 Å². The van der Waals surface area contributed by atoms with Crippen LogP contribution < -0.4 is 0 Å². The first-order chi connectivity index (χ1) is 8.76. The Morgan fingerprint density at radius 3 is 1.68 bits per heavy atom. The number of ether oxygens (including phenoxy) is 2. The van der Waals surface area contributed by atoms with E-state index < -0.39 is 5.79 Å². The summed E-state index contributed by atoms with van der Waals surface area (Å²) in [6, 6.07) is 0. The molecule has 19 heavy (non-hydrogen) atoms. The number of hydrogen-bond donors (Lipinski definition) is 0. The van der Waals surface area contributed by atoms with Crippen LogP contribution in [0.4, 0.5) is 0 Å². The van der Waals surface area contributed by atoms with Crippen molar-refractivity contribution in [2.45, 2.75) is 53.2 Å². The van der Waals surface area contributed by atoms with Gasteiger partial charge in [0, 0.05) is 11.8 Å². The van der Waals surface area contributed by atoms with E-state index in [1.807, 2.05) is 13.8 Å². The molecule has 0 amide bonds. The summed E-state index contributed by atoms with van der Waals surface area (Å²) in [6.45, 7) is 22.9. The molecule has 0 aromatic carbocycles. The molecule has 0 saturated heterocycles. The minimum Gasteiger partial charge on any atom is -0.345 e. The Bertz CT molecular complexity index is 274. The smallest absolute Gasteiger partial charge is 0.177 e. The van der Waals surface area contributed by atoms with Crippen molar-refractivity contribution in [1.29, 1.82) is 0 Å². The molecule has 0 fully saturated rings. The van der Waals surface area contributed by atoms with Gasteiger partial charge in [0.05, 0.1) is 13.2 Å². The lowest BCUT2D eigenvalue weighted by atomic mass is 9.86. The fourth-order valence-electron chi connectivity index (χ4n) is 2.06. The van der Waals surface area contributed by atoms with Gasteiger partial charge in [-0.15, -0.1) is 0 Å². The van der Waals surface area contributed by atoms with Crippen molar-refractivity contribution in [2.24, 2.45) is 5.92 Å². The first kappa shape index (κ1) is 18.4. The van der Waals surface area contributed by atoms with Crippen LogP contribution in [0.5, 0.6) is 0 Å². The second-order valence-corrected chi connectivity index (χ2v) is 5.70. The number of rotatable bonds is 10. The minimum absolute atomic E-state index is 0.244. The molecule has 0 heterocycles. The van der Waals surface area contributed by atoms with E-state index in [-0.39, 0.29) is 5.92 Å². The molecule has 0 aliphatic rings. The summed E-state index contributed by atoms with van der Waals surface area (Å²) in [4.78, 5) is 0. The summed E-state index contributed by atoms with van der Waals surface area (Å²) < 4.78 is 12.2. The van der Waals surface area contributed by atoms with Crippen LogP contribution in [-0.4, -0.2) is 19.0 Å². The molecule has 0 spiro atoms. The minimum atomic E-state index is -0.671. The van der Waals surface area contributed by atoms with E-state index in [1.54, 1.807) is 0 Å². The van der Waals surface area contributed by atoms with Gasteiger partial charge in [-0.25, -0.2) is 0 Å². The highest BCUT2D eigenvalue weighted by molar-refractivity contribution is 5.03. The zero-order valence-corrected chi connectivity index (χ0v) is 13.3. The van der Waals surface area contributed by atoms with E-state index in [9.17, 15) is 0 Å². The van der Waals surface area contributed by atoms with Crippen LogP contribution in [0.1, 0.15) is 47.5 Å². The quantitative estimate of drug-likeness (QED) is 0.420. The standard InChI is InChI=1S/C17H30O2/c1-9-10-16(8)17(15(6)7,18-11-13(2)3)19-12-14(4)5/h16H,1-2,4,9-12H2,3,5-8H3. The molecule has 1 atom stereocenters. The average Bonchev–Trinajstić information content (AvgIpc) is 2.28. The van der Waals surface area contributed by atoms with Gasteiger partial charge < -0.3 is 9.47 Å². The van der Waals surface area contributed by atoms with Gasteiger partial charge >= 0.3 is 0 Å². The van der Waals surface area contributed by atoms with Crippen LogP contribution in [0.25, 0.3) is 0 Å². The Kier molecular flexibility index (Phi) is 8.28. The molecule has 0 bridgehead atoms. The lowest BCUT2D eigenvalue weighted by Crippen LogP contribution is -2.47. The Morgan fingerprint density at radius 1 is 1.00 bits per heavy atom. The lowest BCUT2D eigenvalue weighted by Gasteiger charge is -2.42. The molecular formula is C17H30O2. The van der Waals surface area contributed by atoms with E-state index in [0.29, 0.717) is 13.2 Å². The highest BCUT2D eigenvalue weighted by Crippen LogP contribution is 2.36. The molecule has 1 unspecified atom stereocenters. The largest absolute Gasteiger partial charge is 0.345 e. The zero-order chi connectivity index (χ0) is 15.1. The second kappa shape index (κ2) is 8.55. The Labute approximate surface area is 119 Å². The monoisotopic (exact) mass is 266 g/mol. The molecule has 2 radical (unpaired) electrons. The third-order valence-corrected chi connectivity index (χ3v) is 3.05. The maximum absolute atomic E-state index is 6.09. The van der Waals surface area contributed by atoms with Gasteiger partial charge in [0.25, 0.3) is 0 Å². The molecule has 2 nitrogen and oxygen atoms in total. The zero-order valence-electron chi connectivity index (χ0n) is 13.3. The first-order valence-corrected chi connectivity index (χ1v) is 6.92. The fourth-order valence-corrected chi connectivity index (χ4v) is 2.06. The summed E-state index contributed by atoms with van der Waals surface area (Å²) >= 11 is 0. The van der Waals surface area contributed by atoms with Gasteiger partial charge in [0.1, 0.15) is 0 Å². The molecule has 0 aromatic heterocycles. The number of hydrogen-bond acceptors (Lipinski definition) is 2. The molecule has 0 aliphatic carbocycles. The van der Waals surface area contributed by atoms with Crippen molar-refractivity contribution in [2.75, 3.05) is 13.2 Å². The van der Waals surface area contributed by atoms with Crippen LogP contribution in [0, 0.1) is 18.8 Å². The van der Waals surface area contributed by atoms with E-state index in [0.717, 1.165) is 29.9 Å². The maximum atomic E-state index is 6.09. The van der Waals surface area contributed by atoms with Crippen LogP contribution in [-0.2, 0) is 9.47 Å². The third-order valence-electron chi connectivity index (χ3n) is 3.05. The third kappa shape index (κ3) is 5.92. The van der Waals surface area contributed by atoms with Gasteiger partial charge in [-0.2, -0.15) is 0 Å². The van der Waals surface area contributed by atoms with E-state index in [1.165, 1.54) is 0 Å². The summed E-state index contributed by atoms with van der Waals surface area (Å²) in [7, 11) is 0. The SMILES string of the molecule is [CH2]CCC(C)C(OCC(=C)C)(OCC(=C)C)[C](C)C. The summed E-state index contributed by atoms with van der Waals surface area (Å²) in [5, 5.41) is 0. The van der Waals surface area contributed by atoms with Crippen LogP contribution in [0.2, 0.25) is 0 Å². The van der Waals surface area contributed by atoms with Crippen molar-refractivity contribution in [3.63, 3.8) is 0 Å². The highest BCUT2D eigenvalue weighted by Gasteiger charge is 2.41. The fraction of sp³-hybridized carbons (Fsp3) is 0.647. The van der Waals surface area contributed by atoms with Crippen LogP contribution in [0.15, 0.2) is 24.3 Å². The molecule has 0 saturated carbocycles. The van der Waals surface area contributed by atoms with Crippen molar-refractivity contribution >= 4 is 0 Å². The second-order valence-electron chi connectivity index (χ2n) is 5.70. The van der Waals surface area contributed by atoms with Crippen molar-refractivity contribution in [3.05, 3.63) is 37.1 Å². The van der Waals surface area contributed by atoms with E-state index >= 15 is 0 Å². The van der Waals surface area contributed by atoms with Gasteiger partial charge in [-0.05, 0) is 20.3 Å². The Morgan fingerprint density at radius 2 is 1.42 bits per heavy atom. The molecule has 0 aliphatic heterocycles. The average molecular weight is 266 g/mol. The first-order valence-electron chi connectivity index (χ1n) is 6.92. The molecule has 110 valence electrons. The predicted molar refractivity (Wildman–Crippen MR) is 82.6 cm³/mol. The van der Waals surface area contributed by atoms with Gasteiger partial charge in [-0.1, -0.05) is 58.4 Å². The topological polar surface area (TPSA) is 18.5 Å². The molecular weight excluding hydrogens is 236 g/mol. The molecule has 0 rings (SSSR count). The van der Waals surface area contributed by atoms with Crippen molar-refractivity contribution < 1.29 is 9.47 Å². The van der Waals surface area contributed by atoms with Crippen molar-refractivity contribution in [3.8, 4) is 0 Å². The van der Waals surface area contributed by atoms with Gasteiger partial charge in [0.15, 0.2) is 5.79 Å².